The average Bonchev–Trinajstić information content (AvgIpc) is 2.59. The molecule has 1 fully saturated rings. The topological polar surface area (TPSA) is 57.7 Å². The number of piperidine rings is 1. The first kappa shape index (κ1) is 18.4. The zero-order valence-electron chi connectivity index (χ0n) is 15.4. The van der Waals surface area contributed by atoms with E-state index < -0.39 is 10.0 Å². The lowest BCUT2D eigenvalue weighted by molar-refractivity contribution is -0.123. The number of amides is 1. The predicted molar refractivity (Wildman–Crippen MR) is 100 cm³/mol. The van der Waals surface area contributed by atoms with Crippen molar-refractivity contribution in [3.63, 3.8) is 0 Å². The third kappa shape index (κ3) is 3.90. The van der Waals surface area contributed by atoms with Crippen LogP contribution in [0.3, 0.4) is 0 Å². The fourth-order valence-corrected chi connectivity index (χ4v) is 4.78. The Morgan fingerprint density at radius 2 is 1.96 bits per heavy atom. The molecule has 1 amide bonds. The third-order valence-electron chi connectivity index (χ3n) is 5.36. The quantitative estimate of drug-likeness (QED) is 0.829. The van der Waals surface area contributed by atoms with Crippen molar-refractivity contribution in [2.75, 3.05) is 30.8 Å². The van der Waals surface area contributed by atoms with Crippen molar-refractivity contribution in [1.82, 2.24) is 4.31 Å². The molecule has 3 rings (SSSR count). The summed E-state index contributed by atoms with van der Waals surface area (Å²) in [4.78, 5) is 15.0. The number of carbonyl (C=O) groups is 1. The molecule has 0 saturated carbocycles. The highest BCUT2D eigenvalue weighted by Gasteiger charge is 2.34. The average molecular weight is 365 g/mol. The van der Waals surface area contributed by atoms with Crippen LogP contribution in [0.1, 0.15) is 50.2 Å². The van der Waals surface area contributed by atoms with E-state index in [2.05, 4.69) is 32.0 Å². The van der Waals surface area contributed by atoms with Gasteiger partial charge in [-0.3, -0.25) is 4.79 Å². The van der Waals surface area contributed by atoms with Gasteiger partial charge in [-0.05, 0) is 48.8 Å². The molecule has 138 valence electrons. The molecule has 0 N–H and O–H groups in total. The summed E-state index contributed by atoms with van der Waals surface area (Å²) >= 11 is 0. The highest BCUT2D eigenvalue weighted by atomic mass is 32.2. The van der Waals surface area contributed by atoms with Crippen molar-refractivity contribution in [2.24, 2.45) is 5.92 Å². The number of hydrogen-bond donors (Lipinski definition) is 0. The van der Waals surface area contributed by atoms with Gasteiger partial charge in [-0.2, -0.15) is 0 Å². The van der Waals surface area contributed by atoms with Gasteiger partial charge >= 0.3 is 0 Å². The number of fused-ring (bicyclic) bond motifs is 1. The fourth-order valence-electron chi connectivity index (χ4n) is 3.87. The Balaban J connectivity index is 1.82. The fraction of sp³-hybridized carbons (Fsp3) is 0.632. The van der Waals surface area contributed by atoms with Crippen LogP contribution >= 0.6 is 0 Å². The summed E-state index contributed by atoms with van der Waals surface area (Å²) < 4.78 is 25.1. The molecule has 1 saturated heterocycles. The predicted octanol–water partition coefficient (Wildman–Crippen LogP) is 2.76. The number of carbonyl (C=O) groups excluding carboxylic acids is 1. The van der Waals surface area contributed by atoms with Gasteiger partial charge in [0.05, 0.1) is 12.2 Å². The Hall–Kier alpha value is -1.40. The summed E-state index contributed by atoms with van der Waals surface area (Å²) in [5, 5.41) is 0. The summed E-state index contributed by atoms with van der Waals surface area (Å²) in [6.07, 6.45) is 4.70. The molecule has 0 unspecified atom stereocenters. The maximum Gasteiger partial charge on any atom is 0.231 e. The molecule has 25 heavy (non-hydrogen) atoms. The number of benzene rings is 1. The van der Waals surface area contributed by atoms with E-state index in [4.69, 9.17) is 0 Å². The maximum atomic E-state index is 13.1. The lowest BCUT2D eigenvalue weighted by Crippen LogP contribution is -2.47. The van der Waals surface area contributed by atoms with Crippen molar-refractivity contribution < 1.29 is 13.2 Å². The molecule has 2 aliphatic rings. The Bertz CT molecular complexity index is 758. The number of anilines is 1. The zero-order valence-corrected chi connectivity index (χ0v) is 16.2. The van der Waals surface area contributed by atoms with Gasteiger partial charge in [0.15, 0.2) is 0 Å². The van der Waals surface area contributed by atoms with E-state index in [1.54, 1.807) is 0 Å². The van der Waals surface area contributed by atoms with E-state index in [0.717, 1.165) is 37.9 Å². The maximum absolute atomic E-state index is 13.1. The highest BCUT2D eigenvalue weighted by molar-refractivity contribution is 7.88. The van der Waals surface area contributed by atoms with Gasteiger partial charge in [0, 0.05) is 25.3 Å². The first-order valence-electron chi connectivity index (χ1n) is 9.16. The standard InChI is InChI=1S/C19H28N2O3S/c1-14(2)15-8-9-18-16(12-15)6-5-11-21(18)19(22)17-7-4-10-20(13-17)25(3,23)24/h8-9,12,14,17H,4-7,10-11,13H2,1-3H3/t17-/m0/s1. The molecular formula is C19H28N2O3S. The van der Waals surface area contributed by atoms with E-state index in [-0.39, 0.29) is 11.8 Å². The molecule has 2 aliphatic heterocycles. The molecule has 0 aromatic heterocycles. The lowest BCUT2D eigenvalue weighted by atomic mass is 9.92. The summed E-state index contributed by atoms with van der Waals surface area (Å²) in [7, 11) is -3.24. The second-order valence-electron chi connectivity index (χ2n) is 7.60. The van der Waals surface area contributed by atoms with Gasteiger partial charge in [0.25, 0.3) is 0 Å². The molecule has 0 radical (unpaired) electrons. The molecule has 0 bridgehead atoms. The first-order chi connectivity index (χ1) is 11.8. The van der Waals surface area contributed by atoms with Crippen molar-refractivity contribution in [3.05, 3.63) is 29.3 Å². The summed E-state index contributed by atoms with van der Waals surface area (Å²) in [5.74, 6) is 0.309. The molecule has 1 aromatic carbocycles. The van der Waals surface area contributed by atoms with Crippen molar-refractivity contribution >= 4 is 21.6 Å². The minimum atomic E-state index is -3.24. The van der Waals surface area contributed by atoms with Crippen LogP contribution in [-0.2, 0) is 21.2 Å². The van der Waals surface area contributed by atoms with Crippen LogP contribution in [0.25, 0.3) is 0 Å². The largest absolute Gasteiger partial charge is 0.312 e. The number of sulfonamides is 1. The second-order valence-corrected chi connectivity index (χ2v) is 9.58. The van der Waals surface area contributed by atoms with Gasteiger partial charge in [0.1, 0.15) is 0 Å². The van der Waals surface area contributed by atoms with E-state index in [1.165, 1.54) is 21.7 Å². The van der Waals surface area contributed by atoms with Crippen LogP contribution in [0.2, 0.25) is 0 Å². The SMILES string of the molecule is CC(C)c1ccc2c(c1)CCCN2C(=O)[C@H]1CCCN(S(C)(=O)=O)C1. The minimum absolute atomic E-state index is 0.0756. The third-order valence-corrected chi connectivity index (χ3v) is 6.63. The molecule has 5 nitrogen and oxygen atoms in total. The highest BCUT2D eigenvalue weighted by Crippen LogP contribution is 2.32. The van der Waals surface area contributed by atoms with Gasteiger partial charge in [-0.25, -0.2) is 12.7 Å². The van der Waals surface area contributed by atoms with Crippen molar-refractivity contribution in [2.45, 2.75) is 45.4 Å². The van der Waals surface area contributed by atoms with Gasteiger partial charge in [-0.15, -0.1) is 0 Å². The van der Waals surface area contributed by atoms with E-state index in [9.17, 15) is 13.2 Å². The second kappa shape index (κ2) is 7.08. The molecule has 2 heterocycles. The van der Waals surface area contributed by atoms with Gasteiger partial charge < -0.3 is 4.90 Å². The molecule has 0 aliphatic carbocycles. The Kier molecular flexibility index (Phi) is 5.21. The van der Waals surface area contributed by atoms with Crippen LogP contribution in [0.4, 0.5) is 5.69 Å². The number of nitrogens with zero attached hydrogens (tertiary/aromatic N) is 2. The molecule has 6 heteroatoms. The number of rotatable bonds is 3. The van der Waals surface area contributed by atoms with E-state index in [1.807, 2.05) is 4.90 Å². The normalized spacial score (nSPS) is 22.1. The van der Waals surface area contributed by atoms with Crippen molar-refractivity contribution in [3.8, 4) is 0 Å². The lowest BCUT2D eigenvalue weighted by Gasteiger charge is -2.36. The Labute approximate surface area is 151 Å². The molecule has 1 atom stereocenters. The van der Waals surface area contributed by atoms with Crippen LogP contribution in [0.5, 0.6) is 0 Å². The Morgan fingerprint density at radius 1 is 1.20 bits per heavy atom. The summed E-state index contributed by atoms with van der Waals surface area (Å²) in [5.41, 5.74) is 3.55. The van der Waals surface area contributed by atoms with Crippen LogP contribution < -0.4 is 4.90 Å². The van der Waals surface area contributed by atoms with Gasteiger partial charge in [0.2, 0.25) is 15.9 Å². The first-order valence-corrected chi connectivity index (χ1v) is 11.0. The van der Waals surface area contributed by atoms with Crippen LogP contribution in [0.15, 0.2) is 18.2 Å². The molecule has 0 spiro atoms. The molecule has 1 aromatic rings. The summed E-state index contributed by atoms with van der Waals surface area (Å²) in [6, 6.07) is 6.40. The monoisotopic (exact) mass is 364 g/mol. The Morgan fingerprint density at radius 3 is 2.64 bits per heavy atom. The smallest absolute Gasteiger partial charge is 0.231 e. The van der Waals surface area contributed by atoms with E-state index in [0.29, 0.717) is 19.0 Å². The molecular weight excluding hydrogens is 336 g/mol. The van der Waals surface area contributed by atoms with E-state index >= 15 is 0 Å². The van der Waals surface area contributed by atoms with Crippen molar-refractivity contribution in [1.29, 1.82) is 0 Å². The van der Waals surface area contributed by atoms with Crippen LogP contribution in [0, 0.1) is 5.92 Å². The number of aryl methyl sites for hydroxylation is 1. The summed E-state index contributed by atoms with van der Waals surface area (Å²) in [6.45, 7) is 5.91. The number of hydrogen-bond acceptors (Lipinski definition) is 3. The zero-order chi connectivity index (χ0) is 18.2. The van der Waals surface area contributed by atoms with Gasteiger partial charge in [-0.1, -0.05) is 26.0 Å². The van der Waals surface area contributed by atoms with Crippen LogP contribution in [-0.4, -0.2) is 44.5 Å². The minimum Gasteiger partial charge on any atom is -0.312 e.